The molecule has 2 saturated heterocycles. The topological polar surface area (TPSA) is 66.5 Å². The first-order valence-electron chi connectivity index (χ1n) is 8.13. The molecule has 2 aliphatic rings. The van der Waals surface area contributed by atoms with Crippen molar-refractivity contribution in [1.82, 2.24) is 10.2 Å². The van der Waals surface area contributed by atoms with Crippen molar-refractivity contribution in [1.29, 1.82) is 0 Å². The number of amides is 1. The Labute approximate surface area is 128 Å². The maximum atomic E-state index is 12.5. The van der Waals surface area contributed by atoms with Crippen molar-refractivity contribution in [3.8, 4) is 0 Å². The van der Waals surface area contributed by atoms with Gasteiger partial charge in [0.05, 0.1) is 11.5 Å². The SMILES string of the molecule is CCN(C(=O)CC(C)C1CCNCC1)C1CCS(=O)(=O)C1. The summed E-state index contributed by atoms with van der Waals surface area (Å²) in [6.45, 7) is 6.80. The van der Waals surface area contributed by atoms with Gasteiger partial charge in [0.2, 0.25) is 5.91 Å². The molecule has 0 aromatic rings. The summed E-state index contributed by atoms with van der Waals surface area (Å²) in [6, 6.07) is -0.104. The summed E-state index contributed by atoms with van der Waals surface area (Å²) < 4.78 is 23.2. The Balaban J connectivity index is 1.90. The van der Waals surface area contributed by atoms with E-state index in [2.05, 4.69) is 12.2 Å². The lowest BCUT2D eigenvalue weighted by molar-refractivity contribution is -0.134. The highest BCUT2D eigenvalue weighted by molar-refractivity contribution is 7.91. The second kappa shape index (κ2) is 7.09. The first kappa shape index (κ1) is 16.7. The third kappa shape index (κ3) is 4.42. The minimum Gasteiger partial charge on any atom is -0.339 e. The lowest BCUT2D eigenvalue weighted by atomic mass is 9.84. The molecule has 0 spiro atoms. The van der Waals surface area contributed by atoms with Crippen LogP contribution in [0.2, 0.25) is 0 Å². The number of carbonyl (C=O) groups is 1. The predicted octanol–water partition coefficient (Wildman–Crippen LogP) is 1.05. The molecule has 0 aromatic heterocycles. The van der Waals surface area contributed by atoms with Crippen LogP contribution in [-0.4, -0.2) is 56.4 Å². The second-order valence-electron chi connectivity index (χ2n) is 6.51. The van der Waals surface area contributed by atoms with Crippen molar-refractivity contribution in [3.05, 3.63) is 0 Å². The first-order valence-corrected chi connectivity index (χ1v) is 9.95. The number of rotatable bonds is 5. The van der Waals surface area contributed by atoms with Crippen molar-refractivity contribution in [2.45, 2.75) is 45.6 Å². The van der Waals surface area contributed by atoms with Crippen LogP contribution in [0.25, 0.3) is 0 Å². The van der Waals surface area contributed by atoms with Crippen LogP contribution in [0.15, 0.2) is 0 Å². The van der Waals surface area contributed by atoms with E-state index in [9.17, 15) is 13.2 Å². The van der Waals surface area contributed by atoms with Crippen molar-refractivity contribution in [2.24, 2.45) is 11.8 Å². The molecule has 1 amide bonds. The average Bonchev–Trinajstić information content (AvgIpc) is 2.80. The Bertz CT molecular complexity index is 458. The number of hydrogen-bond donors (Lipinski definition) is 1. The van der Waals surface area contributed by atoms with Crippen LogP contribution in [-0.2, 0) is 14.6 Å². The van der Waals surface area contributed by atoms with E-state index >= 15 is 0 Å². The standard InChI is InChI=1S/C15H28N2O3S/c1-3-17(14-6-9-21(19,20)11-14)15(18)10-12(2)13-4-7-16-8-5-13/h12-14,16H,3-11H2,1-2H3. The lowest BCUT2D eigenvalue weighted by Crippen LogP contribution is -2.42. The normalized spacial score (nSPS) is 27.4. The summed E-state index contributed by atoms with van der Waals surface area (Å²) in [5.41, 5.74) is 0. The lowest BCUT2D eigenvalue weighted by Gasteiger charge is -2.32. The van der Waals surface area contributed by atoms with Gasteiger partial charge in [-0.1, -0.05) is 6.92 Å². The van der Waals surface area contributed by atoms with Gasteiger partial charge >= 0.3 is 0 Å². The second-order valence-corrected chi connectivity index (χ2v) is 8.73. The summed E-state index contributed by atoms with van der Waals surface area (Å²) >= 11 is 0. The highest BCUT2D eigenvalue weighted by atomic mass is 32.2. The van der Waals surface area contributed by atoms with Crippen LogP contribution < -0.4 is 5.32 Å². The molecule has 0 bridgehead atoms. The van der Waals surface area contributed by atoms with Crippen LogP contribution in [0.5, 0.6) is 0 Å². The van der Waals surface area contributed by atoms with E-state index < -0.39 is 9.84 Å². The highest BCUT2D eigenvalue weighted by Gasteiger charge is 2.34. The molecule has 2 atom stereocenters. The molecule has 0 aromatic carbocycles. The maximum absolute atomic E-state index is 12.5. The molecule has 122 valence electrons. The molecule has 6 heteroatoms. The maximum Gasteiger partial charge on any atom is 0.223 e. The number of hydrogen-bond acceptors (Lipinski definition) is 4. The molecule has 0 radical (unpaired) electrons. The Morgan fingerprint density at radius 2 is 1.95 bits per heavy atom. The van der Waals surface area contributed by atoms with Crippen LogP contribution in [0.3, 0.4) is 0 Å². The Kier molecular flexibility index (Phi) is 5.66. The number of carbonyl (C=O) groups excluding carboxylic acids is 1. The van der Waals surface area contributed by atoms with Crippen molar-refractivity contribution < 1.29 is 13.2 Å². The fourth-order valence-electron chi connectivity index (χ4n) is 3.63. The van der Waals surface area contributed by atoms with E-state index in [1.54, 1.807) is 4.90 Å². The summed E-state index contributed by atoms with van der Waals surface area (Å²) in [5.74, 6) is 1.50. The van der Waals surface area contributed by atoms with E-state index in [1.165, 1.54) is 0 Å². The number of nitrogens with one attached hydrogen (secondary N) is 1. The third-order valence-electron chi connectivity index (χ3n) is 5.00. The minimum absolute atomic E-state index is 0.104. The number of nitrogens with zero attached hydrogens (tertiary/aromatic N) is 1. The van der Waals surface area contributed by atoms with E-state index in [0.29, 0.717) is 31.2 Å². The van der Waals surface area contributed by atoms with E-state index in [1.807, 2.05) is 6.92 Å². The molecular weight excluding hydrogens is 288 g/mol. The van der Waals surface area contributed by atoms with Gasteiger partial charge < -0.3 is 10.2 Å². The molecular formula is C15H28N2O3S. The van der Waals surface area contributed by atoms with Gasteiger partial charge in [-0.15, -0.1) is 0 Å². The number of sulfone groups is 1. The fraction of sp³-hybridized carbons (Fsp3) is 0.933. The zero-order valence-electron chi connectivity index (χ0n) is 13.2. The van der Waals surface area contributed by atoms with Crippen LogP contribution in [0.1, 0.15) is 39.5 Å². The predicted molar refractivity (Wildman–Crippen MR) is 83.8 cm³/mol. The zero-order chi connectivity index (χ0) is 15.5. The van der Waals surface area contributed by atoms with Gasteiger partial charge in [-0.05, 0) is 51.1 Å². The molecule has 1 N–H and O–H groups in total. The Morgan fingerprint density at radius 1 is 1.29 bits per heavy atom. The summed E-state index contributed by atoms with van der Waals surface area (Å²) in [5, 5.41) is 3.35. The smallest absolute Gasteiger partial charge is 0.223 e. The van der Waals surface area contributed by atoms with Gasteiger partial charge in [0.25, 0.3) is 0 Å². The molecule has 0 saturated carbocycles. The Morgan fingerprint density at radius 3 is 2.48 bits per heavy atom. The monoisotopic (exact) mass is 316 g/mol. The molecule has 2 heterocycles. The van der Waals surface area contributed by atoms with Crippen LogP contribution in [0, 0.1) is 11.8 Å². The van der Waals surface area contributed by atoms with E-state index in [4.69, 9.17) is 0 Å². The van der Waals surface area contributed by atoms with Gasteiger partial charge in [0, 0.05) is 19.0 Å². The van der Waals surface area contributed by atoms with Gasteiger partial charge in [-0.25, -0.2) is 8.42 Å². The molecule has 2 rings (SSSR count). The third-order valence-corrected chi connectivity index (χ3v) is 6.75. The molecule has 5 nitrogen and oxygen atoms in total. The van der Waals surface area contributed by atoms with Crippen LogP contribution in [0.4, 0.5) is 0 Å². The van der Waals surface area contributed by atoms with Crippen molar-refractivity contribution in [2.75, 3.05) is 31.1 Å². The minimum atomic E-state index is -2.94. The van der Waals surface area contributed by atoms with Crippen LogP contribution >= 0.6 is 0 Å². The first-order chi connectivity index (χ1) is 9.93. The van der Waals surface area contributed by atoms with Gasteiger partial charge in [-0.2, -0.15) is 0 Å². The quantitative estimate of drug-likeness (QED) is 0.823. The van der Waals surface area contributed by atoms with E-state index in [0.717, 1.165) is 25.9 Å². The number of piperidine rings is 1. The molecule has 2 aliphatic heterocycles. The summed E-state index contributed by atoms with van der Waals surface area (Å²) in [7, 11) is -2.94. The van der Waals surface area contributed by atoms with Gasteiger partial charge in [0.1, 0.15) is 0 Å². The highest BCUT2D eigenvalue weighted by Crippen LogP contribution is 2.26. The summed E-state index contributed by atoms with van der Waals surface area (Å²) in [6.07, 6.45) is 3.43. The zero-order valence-corrected chi connectivity index (χ0v) is 14.0. The molecule has 0 aliphatic carbocycles. The molecule has 2 fully saturated rings. The van der Waals surface area contributed by atoms with Crippen molar-refractivity contribution in [3.63, 3.8) is 0 Å². The largest absolute Gasteiger partial charge is 0.339 e. The van der Waals surface area contributed by atoms with E-state index in [-0.39, 0.29) is 23.5 Å². The van der Waals surface area contributed by atoms with Gasteiger partial charge in [-0.3, -0.25) is 4.79 Å². The summed E-state index contributed by atoms with van der Waals surface area (Å²) in [4.78, 5) is 14.3. The average molecular weight is 316 g/mol. The molecule has 2 unspecified atom stereocenters. The Hall–Kier alpha value is -0.620. The van der Waals surface area contributed by atoms with Gasteiger partial charge in [0.15, 0.2) is 9.84 Å². The fourth-order valence-corrected chi connectivity index (χ4v) is 5.36. The molecule has 21 heavy (non-hydrogen) atoms. The van der Waals surface area contributed by atoms with Crippen molar-refractivity contribution >= 4 is 15.7 Å².